The monoisotopic (exact) mass is 275 g/mol. The van der Waals surface area contributed by atoms with Crippen molar-refractivity contribution in [2.45, 2.75) is 50.7 Å². The zero-order valence-corrected chi connectivity index (χ0v) is 12.1. The summed E-state index contributed by atoms with van der Waals surface area (Å²) in [5, 5.41) is 19.2. The van der Waals surface area contributed by atoms with E-state index in [1.54, 1.807) is 0 Å². The molecule has 1 fully saturated rings. The molecule has 0 unspecified atom stereocenters. The molecule has 3 nitrogen and oxygen atoms in total. The van der Waals surface area contributed by atoms with Crippen LogP contribution in [0.25, 0.3) is 0 Å². The highest BCUT2D eigenvalue weighted by Gasteiger charge is 2.31. The molecule has 1 aliphatic heterocycles. The molecule has 0 radical (unpaired) electrons. The van der Waals surface area contributed by atoms with Crippen molar-refractivity contribution in [1.29, 1.82) is 0 Å². The van der Waals surface area contributed by atoms with Gasteiger partial charge in [-0.3, -0.25) is 4.90 Å². The Morgan fingerprint density at radius 1 is 1.05 bits per heavy atom. The molecule has 0 spiro atoms. The fourth-order valence-corrected chi connectivity index (χ4v) is 3.43. The van der Waals surface area contributed by atoms with Gasteiger partial charge in [0.05, 0.1) is 12.2 Å². The summed E-state index contributed by atoms with van der Waals surface area (Å²) in [6.45, 7) is 2.59. The van der Waals surface area contributed by atoms with E-state index in [1.807, 2.05) is 0 Å². The Morgan fingerprint density at radius 3 is 2.45 bits per heavy atom. The van der Waals surface area contributed by atoms with Gasteiger partial charge >= 0.3 is 0 Å². The first-order chi connectivity index (χ1) is 9.68. The van der Waals surface area contributed by atoms with Crippen LogP contribution in [0.2, 0.25) is 0 Å². The summed E-state index contributed by atoms with van der Waals surface area (Å²) >= 11 is 0. The Kier molecular flexibility index (Phi) is 4.11. The number of aliphatic hydroxyl groups excluding tert-OH is 1. The summed E-state index contributed by atoms with van der Waals surface area (Å²) in [6.07, 6.45) is 6.47. The summed E-state index contributed by atoms with van der Waals surface area (Å²) in [5.74, 6) is 0. The quantitative estimate of drug-likeness (QED) is 0.885. The third kappa shape index (κ3) is 3.05. The Labute approximate surface area is 121 Å². The van der Waals surface area contributed by atoms with Gasteiger partial charge in [0, 0.05) is 19.6 Å². The third-order valence-electron chi connectivity index (χ3n) is 4.90. The molecule has 0 amide bonds. The third-order valence-corrected chi connectivity index (χ3v) is 4.90. The maximum atomic E-state index is 10.0. The normalized spacial score (nSPS) is 22.5. The number of nitrogens with zero attached hydrogens (tertiary/aromatic N) is 1. The summed E-state index contributed by atoms with van der Waals surface area (Å²) < 4.78 is 0. The Bertz CT molecular complexity index is 464. The fourth-order valence-electron chi connectivity index (χ4n) is 3.43. The van der Waals surface area contributed by atoms with Crippen LogP contribution in [0.5, 0.6) is 0 Å². The average molecular weight is 275 g/mol. The molecule has 0 saturated carbocycles. The van der Waals surface area contributed by atoms with Crippen LogP contribution >= 0.6 is 0 Å². The Morgan fingerprint density at radius 2 is 1.75 bits per heavy atom. The van der Waals surface area contributed by atoms with Crippen molar-refractivity contribution in [2.75, 3.05) is 19.7 Å². The molecule has 0 bridgehead atoms. The van der Waals surface area contributed by atoms with Gasteiger partial charge in [0.1, 0.15) is 0 Å². The van der Waals surface area contributed by atoms with Crippen LogP contribution in [0.1, 0.15) is 42.4 Å². The van der Waals surface area contributed by atoms with E-state index in [1.165, 1.54) is 42.4 Å². The number of fused-ring (bicyclic) bond motifs is 1. The summed E-state index contributed by atoms with van der Waals surface area (Å²) in [4.78, 5) is 2.38. The van der Waals surface area contributed by atoms with Crippen LogP contribution < -0.4 is 0 Å². The number of aryl methyl sites for hydroxylation is 2. The number of rotatable bonds is 3. The number of likely N-dealkylation sites (tertiary alicyclic amines) is 1. The Balaban J connectivity index is 1.61. The lowest BCUT2D eigenvalue weighted by molar-refractivity contribution is -0.0606. The van der Waals surface area contributed by atoms with Crippen LogP contribution in [-0.4, -0.2) is 40.4 Å². The van der Waals surface area contributed by atoms with Gasteiger partial charge in [-0.1, -0.05) is 18.2 Å². The van der Waals surface area contributed by atoms with Crippen molar-refractivity contribution in [1.82, 2.24) is 4.90 Å². The lowest BCUT2D eigenvalue weighted by atomic mass is 9.89. The highest BCUT2D eigenvalue weighted by Crippen LogP contribution is 2.25. The second-order valence-corrected chi connectivity index (χ2v) is 6.47. The minimum absolute atomic E-state index is 0.111. The molecular weight excluding hydrogens is 250 g/mol. The van der Waals surface area contributed by atoms with E-state index in [2.05, 4.69) is 23.1 Å². The van der Waals surface area contributed by atoms with Gasteiger partial charge in [-0.05, 0) is 55.2 Å². The van der Waals surface area contributed by atoms with Crippen LogP contribution in [-0.2, 0) is 19.4 Å². The number of hydrogen-bond donors (Lipinski definition) is 2. The standard InChI is InChI=1S/C17H25NO2/c19-13-17(20)7-9-18(10-8-17)12-14-5-6-15-3-1-2-4-16(15)11-14/h5-6,11,19-20H,1-4,7-10,12-13H2. The topological polar surface area (TPSA) is 43.7 Å². The van der Waals surface area contributed by atoms with E-state index in [4.69, 9.17) is 0 Å². The molecule has 3 heteroatoms. The number of hydrogen-bond acceptors (Lipinski definition) is 3. The zero-order valence-electron chi connectivity index (χ0n) is 12.1. The van der Waals surface area contributed by atoms with Crippen LogP contribution in [0.4, 0.5) is 0 Å². The lowest BCUT2D eigenvalue weighted by Gasteiger charge is -2.37. The maximum absolute atomic E-state index is 10.0. The van der Waals surface area contributed by atoms with Gasteiger partial charge in [-0.15, -0.1) is 0 Å². The van der Waals surface area contributed by atoms with Gasteiger partial charge in [-0.25, -0.2) is 0 Å². The fraction of sp³-hybridized carbons (Fsp3) is 0.647. The van der Waals surface area contributed by atoms with Gasteiger partial charge in [0.25, 0.3) is 0 Å². The van der Waals surface area contributed by atoms with E-state index in [0.29, 0.717) is 12.8 Å². The molecule has 1 aromatic rings. The average Bonchev–Trinajstić information content (AvgIpc) is 2.50. The molecule has 0 atom stereocenters. The van der Waals surface area contributed by atoms with E-state index in [0.717, 1.165) is 19.6 Å². The van der Waals surface area contributed by atoms with Crippen molar-refractivity contribution in [3.8, 4) is 0 Å². The highest BCUT2D eigenvalue weighted by atomic mass is 16.3. The molecule has 1 aliphatic carbocycles. The van der Waals surface area contributed by atoms with Gasteiger partial charge in [0.15, 0.2) is 0 Å². The smallest absolute Gasteiger partial charge is 0.0901 e. The molecule has 2 aliphatic rings. The number of benzene rings is 1. The van der Waals surface area contributed by atoms with Crippen LogP contribution in [0.3, 0.4) is 0 Å². The molecule has 2 N–H and O–H groups in total. The second kappa shape index (κ2) is 5.84. The molecule has 1 saturated heterocycles. The van der Waals surface area contributed by atoms with Crippen molar-refractivity contribution < 1.29 is 10.2 Å². The van der Waals surface area contributed by atoms with Crippen LogP contribution in [0, 0.1) is 0 Å². The van der Waals surface area contributed by atoms with Crippen molar-refractivity contribution in [3.63, 3.8) is 0 Å². The molecule has 1 heterocycles. The predicted molar refractivity (Wildman–Crippen MR) is 79.6 cm³/mol. The number of piperidine rings is 1. The van der Waals surface area contributed by atoms with Crippen molar-refractivity contribution in [2.24, 2.45) is 0 Å². The predicted octanol–water partition coefficient (Wildman–Crippen LogP) is 1.88. The maximum Gasteiger partial charge on any atom is 0.0901 e. The highest BCUT2D eigenvalue weighted by molar-refractivity contribution is 5.33. The van der Waals surface area contributed by atoms with E-state index >= 15 is 0 Å². The van der Waals surface area contributed by atoms with Crippen molar-refractivity contribution >= 4 is 0 Å². The van der Waals surface area contributed by atoms with Gasteiger partial charge in [0.2, 0.25) is 0 Å². The molecule has 0 aromatic heterocycles. The van der Waals surface area contributed by atoms with E-state index < -0.39 is 5.60 Å². The first-order valence-corrected chi connectivity index (χ1v) is 7.85. The summed E-state index contributed by atoms with van der Waals surface area (Å²) in [6, 6.07) is 6.94. The largest absolute Gasteiger partial charge is 0.393 e. The van der Waals surface area contributed by atoms with Crippen LogP contribution in [0.15, 0.2) is 18.2 Å². The van der Waals surface area contributed by atoms with Gasteiger partial charge < -0.3 is 10.2 Å². The first kappa shape index (κ1) is 14.1. The molecule has 3 rings (SSSR count). The van der Waals surface area contributed by atoms with E-state index in [-0.39, 0.29) is 6.61 Å². The molecule has 20 heavy (non-hydrogen) atoms. The number of aliphatic hydroxyl groups is 2. The summed E-state index contributed by atoms with van der Waals surface area (Å²) in [5.41, 5.74) is 3.62. The molecular formula is C17H25NO2. The van der Waals surface area contributed by atoms with E-state index in [9.17, 15) is 10.2 Å². The second-order valence-electron chi connectivity index (χ2n) is 6.47. The first-order valence-electron chi connectivity index (χ1n) is 7.85. The summed E-state index contributed by atoms with van der Waals surface area (Å²) in [7, 11) is 0. The minimum Gasteiger partial charge on any atom is -0.393 e. The van der Waals surface area contributed by atoms with Crippen molar-refractivity contribution in [3.05, 3.63) is 34.9 Å². The zero-order chi connectivity index (χ0) is 14.0. The Hall–Kier alpha value is -0.900. The SMILES string of the molecule is OCC1(O)CCN(Cc2ccc3c(c2)CCCC3)CC1. The molecule has 110 valence electrons. The lowest BCUT2D eigenvalue weighted by Crippen LogP contribution is -2.46. The van der Waals surface area contributed by atoms with Gasteiger partial charge in [-0.2, -0.15) is 0 Å². The minimum atomic E-state index is -0.841. The molecule has 1 aromatic carbocycles.